The smallest absolute Gasteiger partial charge is 0.170 e. The molecule has 1 atom stereocenters. The van der Waals surface area contributed by atoms with Crippen molar-refractivity contribution in [2.75, 3.05) is 0 Å². The SMILES string of the molecule is O=C(c1cc(F)cc(F)c1)C1Cc2ccccc21. The molecule has 0 radical (unpaired) electrons. The molecule has 3 rings (SSSR count). The van der Waals surface area contributed by atoms with Crippen LogP contribution in [0, 0.1) is 11.6 Å². The van der Waals surface area contributed by atoms with Crippen LogP contribution in [0.3, 0.4) is 0 Å². The van der Waals surface area contributed by atoms with Gasteiger partial charge in [-0.15, -0.1) is 0 Å². The van der Waals surface area contributed by atoms with Gasteiger partial charge < -0.3 is 0 Å². The molecule has 90 valence electrons. The molecular formula is C15H10F2O. The number of hydrogen-bond donors (Lipinski definition) is 0. The molecule has 2 aromatic carbocycles. The molecule has 18 heavy (non-hydrogen) atoms. The molecule has 0 spiro atoms. The molecule has 0 bridgehead atoms. The summed E-state index contributed by atoms with van der Waals surface area (Å²) in [5.74, 6) is -1.91. The largest absolute Gasteiger partial charge is 0.293 e. The van der Waals surface area contributed by atoms with Crippen LogP contribution in [0.15, 0.2) is 42.5 Å². The third-order valence-corrected chi connectivity index (χ3v) is 3.32. The Kier molecular flexibility index (Phi) is 2.47. The van der Waals surface area contributed by atoms with Crippen LogP contribution in [-0.4, -0.2) is 5.78 Å². The first kappa shape index (κ1) is 11.1. The van der Waals surface area contributed by atoms with E-state index >= 15 is 0 Å². The fourth-order valence-corrected chi connectivity index (χ4v) is 2.39. The highest BCUT2D eigenvalue weighted by Gasteiger charge is 2.32. The van der Waals surface area contributed by atoms with E-state index in [9.17, 15) is 13.6 Å². The zero-order valence-corrected chi connectivity index (χ0v) is 9.49. The Balaban J connectivity index is 1.93. The molecule has 0 aliphatic heterocycles. The third kappa shape index (κ3) is 1.72. The molecule has 1 nitrogen and oxygen atoms in total. The van der Waals surface area contributed by atoms with E-state index in [1.54, 1.807) is 0 Å². The maximum atomic E-state index is 13.1. The Bertz CT molecular complexity index is 614. The van der Waals surface area contributed by atoms with Crippen LogP contribution in [0.1, 0.15) is 27.4 Å². The number of carbonyl (C=O) groups is 1. The van der Waals surface area contributed by atoms with Crippen molar-refractivity contribution in [1.29, 1.82) is 0 Å². The van der Waals surface area contributed by atoms with Crippen LogP contribution in [0.5, 0.6) is 0 Å². The first-order chi connectivity index (χ1) is 8.65. The highest BCUT2D eigenvalue weighted by molar-refractivity contribution is 6.02. The molecule has 0 saturated heterocycles. The number of rotatable bonds is 2. The monoisotopic (exact) mass is 244 g/mol. The quantitative estimate of drug-likeness (QED) is 0.739. The second-order valence-corrected chi connectivity index (χ2v) is 4.48. The van der Waals surface area contributed by atoms with Gasteiger partial charge in [0.2, 0.25) is 0 Å². The number of fused-ring (bicyclic) bond motifs is 1. The van der Waals surface area contributed by atoms with E-state index in [1.807, 2.05) is 24.3 Å². The van der Waals surface area contributed by atoms with E-state index in [0.29, 0.717) is 6.42 Å². The summed E-state index contributed by atoms with van der Waals surface area (Å²) in [4.78, 5) is 12.2. The van der Waals surface area contributed by atoms with Crippen molar-refractivity contribution in [3.8, 4) is 0 Å². The minimum absolute atomic E-state index is 0.104. The number of carbonyl (C=O) groups excluding carboxylic acids is 1. The molecule has 0 aromatic heterocycles. The van der Waals surface area contributed by atoms with Gasteiger partial charge in [-0.1, -0.05) is 24.3 Å². The number of ketones is 1. The minimum atomic E-state index is -0.717. The fourth-order valence-electron chi connectivity index (χ4n) is 2.39. The lowest BCUT2D eigenvalue weighted by molar-refractivity contribution is 0.0948. The lowest BCUT2D eigenvalue weighted by Gasteiger charge is -2.28. The minimum Gasteiger partial charge on any atom is -0.293 e. The predicted molar refractivity (Wildman–Crippen MR) is 63.6 cm³/mol. The Labute approximate surface area is 103 Å². The summed E-state index contributed by atoms with van der Waals surface area (Å²) in [7, 11) is 0. The topological polar surface area (TPSA) is 17.1 Å². The van der Waals surface area contributed by atoms with Gasteiger partial charge in [0.1, 0.15) is 11.6 Å². The van der Waals surface area contributed by atoms with Gasteiger partial charge in [-0.2, -0.15) is 0 Å². The van der Waals surface area contributed by atoms with Crippen LogP contribution in [0.2, 0.25) is 0 Å². The van der Waals surface area contributed by atoms with Crippen molar-refractivity contribution in [3.63, 3.8) is 0 Å². The van der Waals surface area contributed by atoms with Crippen LogP contribution >= 0.6 is 0 Å². The molecule has 0 amide bonds. The van der Waals surface area contributed by atoms with Gasteiger partial charge in [0, 0.05) is 11.6 Å². The number of hydrogen-bond acceptors (Lipinski definition) is 1. The molecule has 2 aromatic rings. The van der Waals surface area contributed by atoms with Gasteiger partial charge in [0.15, 0.2) is 5.78 Å². The van der Waals surface area contributed by atoms with Crippen molar-refractivity contribution < 1.29 is 13.6 Å². The Morgan fingerprint density at radius 2 is 1.72 bits per heavy atom. The fraction of sp³-hybridized carbons (Fsp3) is 0.133. The summed E-state index contributed by atoms with van der Waals surface area (Å²) in [5.41, 5.74) is 2.20. The van der Waals surface area contributed by atoms with Gasteiger partial charge in [-0.25, -0.2) is 8.78 Å². The number of halogens is 2. The van der Waals surface area contributed by atoms with E-state index in [2.05, 4.69) is 0 Å². The lowest BCUT2D eigenvalue weighted by atomic mass is 9.74. The van der Waals surface area contributed by atoms with E-state index < -0.39 is 11.6 Å². The van der Waals surface area contributed by atoms with Crippen molar-refractivity contribution >= 4 is 5.78 Å². The molecule has 0 heterocycles. The van der Waals surface area contributed by atoms with E-state index in [1.165, 1.54) is 0 Å². The van der Waals surface area contributed by atoms with Gasteiger partial charge in [-0.3, -0.25) is 4.79 Å². The lowest BCUT2D eigenvalue weighted by Crippen LogP contribution is -2.25. The number of benzene rings is 2. The summed E-state index contributed by atoms with van der Waals surface area (Å²) in [5, 5.41) is 0. The molecule has 1 aliphatic carbocycles. The summed E-state index contributed by atoms with van der Waals surface area (Å²) < 4.78 is 26.2. The van der Waals surface area contributed by atoms with Gasteiger partial charge in [0.25, 0.3) is 0 Å². The first-order valence-corrected chi connectivity index (χ1v) is 5.73. The summed E-state index contributed by atoms with van der Waals surface area (Å²) in [6.07, 6.45) is 0.646. The van der Waals surface area contributed by atoms with E-state index in [-0.39, 0.29) is 17.3 Å². The summed E-state index contributed by atoms with van der Waals surface area (Å²) in [6.45, 7) is 0. The maximum Gasteiger partial charge on any atom is 0.170 e. The van der Waals surface area contributed by atoms with Crippen LogP contribution < -0.4 is 0 Å². The highest BCUT2D eigenvalue weighted by atomic mass is 19.1. The van der Waals surface area contributed by atoms with Crippen molar-refractivity contribution in [2.24, 2.45) is 0 Å². The zero-order valence-electron chi connectivity index (χ0n) is 9.49. The zero-order chi connectivity index (χ0) is 12.7. The Morgan fingerprint density at radius 3 is 2.39 bits per heavy atom. The molecule has 0 N–H and O–H groups in total. The van der Waals surface area contributed by atoms with Crippen LogP contribution in [0.4, 0.5) is 8.78 Å². The standard InChI is InChI=1S/C15H10F2O/c16-11-5-10(6-12(17)8-11)15(18)14-7-9-3-1-2-4-13(9)14/h1-6,8,14H,7H2. The van der Waals surface area contributed by atoms with Gasteiger partial charge >= 0.3 is 0 Å². The van der Waals surface area contributed by atoms with Crippen molar-refractivity contribution in [2.45, 2.75) is 12.3 Å². The normalized spacial score (nSPS) is 16.9. The summed E-state index contributed by atoms with van der Waals surface area (Å²) >= 11 is 0. The third-order valence-electron chi connectivity index (χ3n) is 3.32. The Hall–Kier alpha value is -2.03. The first-order valence-electron chi connectivity index (χ1n) is 5.73. The Morgan fingerprint density at radius 1 is 1.06 bits per heavy atom. The van der Waals surface area contributed by atoms with E-state index in [0.717, 1.165) is 29.3 Å². The van der Waals surface area contributed by atoms with Gasteiger partial charge in [0.05, 0.1) is 5.92 Å². The molecule has 1 aliphatic rings. The molecular weight excluding hydrogens is 234 g/mol. The maximum absolute atomic E-state index is 13.1. The highest BCUT2D eigenvalue weighted by Crippen LogP contribution is 2.37. The second-order valence-electron chi connectivity index (χ2n) is 4.48. The molecule has 1 unspecified atom stereocenters. The van der Waals surface area contributed by atoms with Crippen LogP contribution in [0.25, 0.3) is 0 Å². The van der Waals surface area contributed by atoms with Crippen molar-refractivity contribution in [1.82, 2.24) is 0 Å². The molecule has 0 saturated carbocycles. The summed E-state index contributed by atoms with van der Waals surface area (Å²) in [6, 6.07) is 10.6. The predicted octanol–water partition coefficient (Wildman–Crippen LogP) is 3.49. The van der Waals surface area contributed by atoms with Crippen LogP contribution in [-0.2, 0) is 6.42 Å². The number of Topliss-reactive ketones (excluding diaryl/α,β-unsaturated/α-hetero) is 1. The average molecular weight is 244 g/mol. The van der Waals surface area contributed by atoms with E-state index in [4.69, 9.17) is 0 Å². The van der Waals surface area contributed by atoms with Gasteiger partial charge in [-0.05, 0) is 29.7 Å². The molecule has 3 heteroatoms. The van der Waals surface area contributed by atoms with Crippen molar-refractivity contribution in [3.05, 3.63) is 70.8 Å². The second kappa shape index (κ2) is 4.02. The molecule has 0 fully saturated rings. The average Bonchev–Trinajstić information content (AvgIpc) is 2.29.